The summed E-state index contributed by atoms with van der Waals surface area (Å²) in [4.78, 5) is 15.9. The van der Waals surface area contributed by atoms with E-state index in [0.717, 1.165) is 11.1 Å². The van der Waals surface area contributed by atoms with Crippen molar-refractivity contribution in [1.82, 2.24) is 24.4 Å². The summed E-state index contributed by atoms with van der Waals surface area (Å²) in [5, 5.41) is 8.33. The van der Waals surface area contributed by atoms with E-state index < -0.39 is 5.97 Å². The van der Waals surface area contributed by atoms with E-state index in [-0.39, 0.29) is 5.82 Å². The molecule has 0 saturated carbocycles. The summed E-state index contributed by atoms with van der Waals surface area (Å²) in [5.41, 5.74) is 1.72. The van der Waals surface area contributed by atoms with Crippen LogP contribution in [-0.2, 0) is 11.8 Å². The Labute approximate surface area is 114 Å². The molecule has 3 rings (SSSR count). The van der Waals surface area contributed by atoms with Crippen LogP contribution in [-0.4, -0.2) is 37.0 Å². The highest BCUT2D eigenvalue weighted by molar-refractivity contribution is 5.86. The Morgan fingerprint density at radius 2 is 2.25 bits per heavy atom. The SMILES string of the molecule is CCOC(=O)c1nc(-c2cnn3ccccc23)n(C)n1. The van der Waals surface area contributed by atoms with Crippen molar-refractivity contribution in [1.29, 1.82) is 0 Å². The number of hydrogen-bond acceptors (Lipinski definition) is 5. The Kier molecular flexibility index (Phi) is 2.94. The number of carbonyl (C=O) groups excluding carboxylic acids is 1. The number of aromatic nitrogens is 5. The standard InChI is InChI=1S/C13H13N5O2/c1-3-20-13(19)11-15-12(17(2)16-11)9-8-14-18-7-5-4-6-10(9)18/h4-8H,3H2,1-2H3. The van der Waals surface area contributed by atoms with Crippen LogP contribution in [0.4, 0.5) is 0 Å². The van der Waals surface area contributed by atoms with Gasteiger partial charge in [0.05, 0.1) is 23.9 Å². The van der Waals surface area contributed by atoms with Crippen LogP contribution in [0.15, 0.2) is 30.6 Å². The van der Waals surface area contributed by atoms with E-state index in [4.69, 9.17) is 4.74 Å². The number of rotatable bonds is 3. The second-order valence-corrected chi connectivity index (χ2v) is 4.19. The third kappa shape index (κ3) is 1.93. The molecule has 0 unspecified atom stereocenters. The second kappa shape index (κ2) is 4.76. The molecule has 0 radical (unpaired) electrons. The van der Waals surface area contributed by atoms with Gasteiger partial charge in [-0.2, -0.15) is 5.10 Å². The normalized spacial score (nSPS) is 10.9. The van der Waals surface area contributed by atoms with Crippen molar-refractivity contribution in [2.75, 3.05) is 6.61 Å². The maximum absolute atomic E-state index is 11.7. The van der Waals surface area contributed by atoms with E-state index >= 15 is 0 Å². The number of aryl methyl sites for hydroxylation is 1. The molecule has 20 heavy (non-hydrogen) atoms. The maximum atomic E-state index is 11.7. The first-order valence-electron chi connectivity index (χ1n) is 6.21. The first-order chi connectivity index (χ1) is 9.70. The summed E-state index contributed by atoms with van der Waals surface area (Å²) in [6, 6.07) is 5.74. The fourth-order valence-corrected chi connectivity index (χ4v) is 2.01. The number of carbonyl (C=O) groups is 1. The maximum Gasteiger partial charge on any atom is 0.378 e. The van der Waals surface area contributed by atoms with Crippen LogP contribution in [0.3, 0.4) is 0 Å². The number of ether oxygens (including phenoxy) is 1. The number of hydrogen-bond donors (Lipinski definition) is 0. The van der Waals surface area contributed by atoms with E-state index in [1.165, 1.54) is 0 Å². The summed E-state index contributed by atoms with van der Waals surface area (Å²) in [6.07, 6.45) is 3.55. The van der Waals surface area contributed by atoms with E-state index in [0.29, 0.717) is 12.4 Å². The number of pyridine rings is 1. The van der Waals surface area contributed by atoms with Crippen LogP contribution >= 0.6 is 0 Å². The van der Waals surface area contributed by atoms with Crippen molar-refractivity contribution in [3.63, 3.8) is 0 Å². The average Bonchev–Trinajstić information content (AvgIpc) is 3.02. The zero-order chi connectivity index (χ0) is 14.1. The molecule has 0 fully saturated rings. The molecule has 0 aliphatic heterocycles. The smallest absolute Gasteiger partial charge is 0.378 e. The number of fused-ring (bicyclic) bond motifs is 1. The van der Waals surface area contributed by atoms with Crippen LogP contribution in [0, 0.1) is 0 Å². The van der Waals surface area contributed by atoms with Gasteiger partial charge in [0.2, 0.25) is 0 Å². The van der Waals surface area contributed by atoms with Crippen LogP contribution in [0.5, 0.6) is 0 Å². The Bertz CT molecular complexity index is 774. The van der Waals surface area contributed by atoms with Gasteiger partial charge < -0.3 is 4.74 Å². The van der Waals surface area contributed by atoms with Gasteiger partial charge >= 0.3 is 5.97 Å². The molecule has 3 aromatic rings. The minimum atomic E-state index is -0.522. The molecular weight excluding hydrogens is 258 g/mol. The van der Waals surface area contributed by atoms with Gasteiger partial charge in [-0.25, -0.2) is 19.0 Å². The van der Waals surface area contributed by atoms with Crippen molar-refractivity contribution < 1.29 is 9.53 Å². The van der Waals surface area contributed by atoms with Crippen molar-refractivity contribution in [3.05, 3.63) is 36.4 Å². The third-order valence-corrected chi connectivity index (χ3v) is 2.89. The molecule has 0 aliphatic rings. The van der Waals surface area contributed by atoms with Crippen molar-refractivity contribution >= 4 is 11.5 Å². The molecule has 3 heterocycles. The van der Waals surface area contributed by atoms with Crippen LogP contribution in [0.25, 0.3) is 16.9 Å². The Balaban J connectivity index is 2.08. The van der Waals surface area contributed by atoms with Gasteiger partial charge in [-0.15, -0.1) is 5.10 Å². The summed E-state index contributed by atoms with van der Waals surface area (Å²) in [6.45, 7) is 2.04. The summed E-state index contributed by atoms with van der Waals surface area (Å²) >= 11 is 0. The summed E-state index contributed by atoms with van der Waals surface area (Å²) in [5.74, 6) is 0.111. The first-order valence-corrected chi connectivity index (χ1v) is 6.21. The first kappa shape index (κ1) is 12.3. The molecule has 0 N–H and O–H groups in total. The molecule has 0 aliphatic carbocycles. The van der Waals surface area contributed by atoms with Gasteiger partial charge in [0.15, 0.2) is 5.82 Å². The van der Waals surface area contributed by atoms with Crippen molar-refractivity contribution in [2.24, 2.45) is 7.05 Å². The molecule has 0 aromatic carbocycles. The highest BCUT2D eigenvalue weighted by Gasteiger charge is 2.19. The zero-order valence-electron chi connectivity index (χ0n) is 11.1. The molecule has 0 bridgehead atoms. The van der Waals surface area contributed by atoms with Gasteiger partial charge in [-0.3, -0.25) is 0 Å². The quantitative estimate of drug-likeness (QED) is 0.671. The summed E-state index contributed by atoms with van der Waals surface area (Å²) < 4.78 is 8.20. The third-order valence-electron chi connectivity index (χ3n) is 2.89. The van der Waals surface area contributed by atoms with Crippen LogP contribution < -0.4 is 0 Å². The monoisotopic (exact) mass is 271 g/mol. The lowest BCUT2D eigenvalue weighted by Gasteiger charge is -1.97. The highest BCUT2D eigenvalue weighted by atomic mass is 16.5. The topological polar surface area (TPSA) is 74.3 Å². The van der Waals surface area contributed by atoms with E-state index in [1.807, 2.05) is 24.4 Å². The lowest BCUT2D eigenvalue weighted by molar-refractivity contribution is 0.0512. The molecule has 7 heteroatoms. The molecule has 0 amide bonds. The van der Waals surface area contributed by atoms with Gasteiger partial charge in [-0.05, 0) is 19.1 Å². The predicted octanol–water partition coefficient (Wildman–Crippen LogP) is 1.31. The van der Waals surface area contributed by atoms with Gasteiger partial charge in [0, 0.05) is 13.2 Å². The minimum Gasteiger partial charge on any atom is -0.460 e. The molecule has 0 atom stereocenters. The van der Waals surface area contributed by atoms with E-state index in [9.17, 15) is 4.79 Å². The molecular formula is C13H13N5O2. The molecule has 0 saturated heterocycles. The van der Waals surface area contributed by atoms with E-state index in [1.54, 1.807) is 29.4 Å². The fourth-order valence-electron chi connectivity index (χ4n) is 2.01. The molecule has 102 valence electrons. The molecule has 7 nitrogen and oxygen atoms in total. The molecule has 3 aromatic heterocycles. The highest BCUT2D eigenvalue weighted by Crippen LogP contribution is 2.22. The lowest BCUT2D eigenvalue weighted by Crippen LogP contribution is -2.07. The van der Waals surface area contributed by atoms with Crippen molar-refractivity contribution in [3.8, 4) is 11.4 Å². The van der Waals surface area contributed by atoms with Gasteiger partial charge in [-0.1, -0.05) is 6.07 Å². The lowest BCUT2D eigenvalue weighted by atomic mass is 10.2. The Morgan fingerprint density at radius 3 is 3.05 bits per heavy atom. The van der Waals surface area contributed by atoms with Gasteiger partial charge in [0.25, 0.3) is 5.82 Å². The van der Waals surface area contributed by atoms with Crippen molar-refractivity contribution in [2.45, 2.75) is 6.92 Å². The number of nitrogens with zero attached hydrogens (tertiary/aromatic N) is 5. The van der Waals surface area contributed by atoms with Crippen LogP contribution in [0.1, 0.15) is 17.5 Å². The zero-order valence-corrected chi connectivity index (χ0v) is 11.1. The van der Waals surface area contributed by atoms with E-state index in [2.05, 4.69) is 15.2 Å². The summed E-state index contributed by atoms with van der Waals surface area (Å²) in [7, 11) is 1.73. The van der Waals surface area contributed by atoms with Crippen LogP contribution in [0.2, 0.25) is 0 Å². The largest absolute Gasteiger partial charge is 0.460 e. The van der Waals surface area contributed by atoms with Gasteiger partial charge in [0.1, 0.15) is 0 Å². The molecule has 0 spiro atoms. The predicted molar refractivity (Wildman–Crippen MR) is 71.1 cm³/mol. The second-order valence-electron chi connectivity index (χ2n) is 4.19. The average molecular weight is 271 g/mol. The minimum absolute atomic E-state index is 0.0552. The Hall–Kier alpha value is -2.70. The Morgan fingerprint density at radius 1 is 1.40 bits per heavy atom. The fraction of sp³-hybridized carbons (Fsp3) is 0.231. The number of esters is 1.